The van der Waals surface area contributed by atoms with E-state index >= 15 is 0 Å². The van der Waals surface area contributed by atoms with Crippen LogP contribution in [0, 0.1) is 5.92 Å². The molecule has 0 unspecified atom stereocenters. The van der Waals surface area contributed by atoms with Gasteiger partial charge in [-0.1, -0.05) is 30.3 Å². The van der Waals surface area contributed by atoms with Crippen molar-refractivity contribution >= 4 is 32.9 Å². The van der Waals surface area contributed by atoms with Crippen LogP contribution in [0.1, 0.15) is 47.5 Å². The van der Waals surface area contributed by atoms with Crippen LogP contribution in [0.15, 0.2) is 41.9 Å². The van der Waals surface area contributed by atoms with Gasteiger partial charge in [-0.05, 0) is 50.0 Å². The van der Waals surface area contributed by atoms with Crippen LogP contribution in [0.2, 0.25) is 0 Å². The Balaban J connectivity index is 1.48. The van der Waals surface area contributed by atoms with Gasteiger partial charge in [0.15, 0.2) is 14.8 Å². The first kappa shape index (κ1) is 25.9. The quantitative estimate of drug-likeness (QED) is 0.391. The van der Waals surface area contributed by atoms with E-state index in [0.717, 1.165) is 18.4 Å². The molecule has 2 aliphatic rings. The minimum absolute atomic E-state index is 0.00643. The Kier molecular flexibility index (Phi) is 9.04. The van der Waals surface area contributed by atoms with Gasteiger partial charge in [0.1, 0.15) is 6.04 Å². The summed E-state index contributed by atoms with van der Waals surface area (Å²) in [6.45, 7) is 1.14. The van der Waals surface area contributed by atoms with E-state index in [9.17, 15) is 18.0 Å². The number of nitrogens with zero attached hydrogens (tertiary/aromatic N) is 1. The van der Waals surface area contributed by atoms with Gasteiger partial charge in [-0.2, -0.15) is 0 Å². The first-order valence-electron chi connectivity index (χ1n) is 12.2. The molecule has 2 aromatic rings. The summed E-state index contributed by atoms with van der Waals surface area (Å²) in [5.74, 6) is -0.670. The molecule has 4 rings (SSSR count). The van der Waals surface area contributed by atoms with E-state index in [2.05, 4.69) is 15.6 Å². The van der Waals surface area contributed by atoms with Gasteiger partial charge in [0, 0.05) is 30.8 Å². The highest BCUT2D eigenvalue weighted by molar-refractivity contribution is 7.91. The van der Waals surface area contributed by atoms with Crippen molar-refractivity contribution in [3.8, 4) is 0 Å². The number of amides is 1. The minimum Gasteiger partial charge on any atom is -0.381 e. The Bertz CT molecular complexity index is 1070. The van der Waals surface area contributed by atoms with Gasteiger partial charge in [0.05, 0.1) is 17.5 Å². The van der Waals surface area contributed by atoms with Gasteiger partial charge in [-0.15, -0.1) is 11.3 Å². The van der Waals surface area contributed by atoms with Crippen molar-refractivity contribution in [3.63, 3.8) is 0 Å². The number of hydrogen-bond acceptors (Lipinski definition) is 8. The van der Waals surface area contributed by atoms with Crippen LogP contribution in [0.3, 0.4) is 0 Å². The molecule has 1 saturated heterocycles. The molecular weight excluding hydrogens is 486 g/mol. The van der Waals surface area contributed by atoms with Crippen LogP contribution in [0.4, 0.5) is 0 Å². The Morgan fingerprint density at radius 1 is 1.09 bits per heavy atom. The second-order valence-corrected chi connectivity index (χ2v) is 12.5. The van der Waals surface area contributed by atoms with Crippen molar-refractivity contribution in [2.45, 2.75) is 56.7 Å². The fourth-order valence-electron chi connectivity index (χ4n) is 4.30. The number of aromatic nitrogens is 1. The summed E-state index contributed by atoms with van der Waals surface area (Å²) in [4.78, 5) is 30.8. The highest BCUT2D eigenvalue weighted by atomic mass is 32.2. The van der Waals surface area contributed by atoms with Crippen LogP contribution in [-0.2, 0) is 25.8 Å². The number of carbonyl (C=O) groups excluding carboxylic acids is 2. The molecule has 10 heteroatoms. The number of ether oxygens (including phenoxy) is 1. The standard InChI is InChI=1S/C25H33N3O5S2/c29-23(25-26-12-15-34-25)21(9-8-18-4-2-1-3-5-18)28-24(30)22(27-20-10-13-33-14-11-20)17-35(31,32)16-19-6-7-19/h1-5,12,15,19-22,27H,6-11,13-14,16-17H2,(H,28,30)/t21-,22-/m0/s1. The average molecular weight is 520 g/mol. The number of hydrogen-bond donors (Lipinski definition) is 2. The number of benzene rings is 1. The van der Waals surface area contributed by atoms with Crippen LogP contribution >= 0.6 is 11.3 Å². The second kappa shape index (κ2) is 12.2. The third kappa shape index (κ3) is 8.20. The highest BCUT2D eigenvalue weighted by Gasteiger charge is 2.35. The lowest BCUT2D eigenvalue weighted by molar-refractivity contribution is -0.123. The van der Waals surface area contributed by atoms with Crippen molar-refractivity contribution in [1.29, 1.82) is 0 Å². The first-order chi connectivity index (χ1) is 16.9. The summed E-state index contributed by atoms with van der Waals surface area (Å²) < 4.78 is 31.1. The summed E-state index contributed by atoms with van der Waals surface area (Å²) in [5, 5.41) is 8.20. The predicted octanol–water partition coefficient (Wildman–Crippen LogP) is 2.41. The Morgan fingerprint density at radius 2 is 1.83 bits per heavy atom. The number of Topliss-reactive ketones (excluding diaryl/α,β-unsaturated/α-hetero) is 1. The second-order valence-electron chi connectivity index (χ2n) is 9.41. The lowest BCUT2D eigenvalue weighted by Gasteiger charge is -2.29. The fourth-order valence-corrected chi connectivity index (χ4v) is 6.88. The molecule has 1 saturated carbocycles. The molecule has 35 heavy (non-hydrogen) atoms. The number of aryl methyl sites for hydroxylation is 1. The molecule has 1 aliphatic heterocycles. The van der Waals surface area contributed by atoms with Crippen molar-refractivity contribution in [2.24, 2.45) is 5.92 Å². The zero-order chi connectivity index (χ0) is 24.7. The Hall–Kier alpha value is -2.14. The monoisotopic (exact) mass is 519 g/mol. The minimum atomic E-state index is -3.42. The fraction of sp³-hybridized carbons (Fsp3) is 0.560. The number of rotatable bonds is 13. The maximum Gasteiger partial charge on any atom is 0.238 e. The van der Waals surface area contributed by atoms with Gasteiger partial charge < -0.3 is 15.4 Å². The summed E-state index contributed by atoms with van der Waals surface area (Å²) in [6.07, 6.45) is 5.83. The molecular formula is C25H33N3O5S2. The summed E-state index contributed by atoms with van der Waals surface area (Å²) >= 11 is 1.23. The summed E-state index contributed by atoms with van der Waals surface area (Å²) in [6, 6.07) is 8.03. The highest BCUT2D eigenvalue weighted by Crippen LogP contribution is 2.30. The van der Waals surface area contributed by atoms with E-state index in [4.69, 9.17) is 4.74 Å². The Morgan fingerprint density at radius 3 is 2.49 bits per heavy atom. The first-order valence-corrected chi connectivity index (χ1v) is 14.9. The van der Waals surface area contributed by atoms with Crippen LogP contribution in [0.5, 0.6) is 0 Å². The molecule has 0 spiro atoms. The normalized spacial score (nSPS) is 18.6. The molecule has 2 N–H and O–H groups in total. The topological polar surface area (TPSA) is 114 Å². The van der Waals surface area contributed by atoms with Crippen molar-refractivity contribution in [2.75, 3.05) is 24.7 Å². The van der Waals surface area contributed by atoms with E-state index in [1.165, 1.54) is 11.3 Å². The zero-order valence-corrected chi connectivity index (χ0v) is 21.4. The van der Waals surface area contributed by atoms with Crippen molar-refractivity contribution in [1.82, 2.24) is 15.6 Å². The summed E-state index contributed by atoms with van der Waals surface area (Å²) in [5.41, 5.74) is 1.06. The molecule has 0 radical (unpaired) electrons. The number of sulfone groups is 1. The lowest BCUT2D eigenvalue weighted by Crippen LogP contribution is -2.56. The predicted molar refractivity (Wildman–Crippen MR) is 135 cm³/mol. The van der Waals surface area contributed by atoms with E-state index in [1.807, 2.05) is 30.3 Å². The van der Waals surface area contributed by atoms with E-state index in [0.29, 0.717) is 43.9 Å². The average Bonchev–Trinajstić information content (AvgIpc) is 3.48. The van der Waals surface area contributed by atoms with E-state index in [1.54, 1.807) is 11.6 Å². The molecule has 1 amide bonds. The molecule has 2 fully saturated rings. The molecule has 1 aromatic heterocycles. The van der Waals surface area contributed by atoms with Crippen molar-refractivity contribution < 1.29 is 22.7 Å². The zero-order valence-electron chi connectivity index (χ0n) is 19.7. The van der Waals surface area contributed by atoms with Gasteiger partial charge in [-0.25, -0.2) is 13.4 Å². The van der Waals surface area contributed by atoms with E-state index in [-0.39, 0.29) is 29.2 Å². The maximum absolute atomic E-state index is 13.5. The third-order valence-corrected chi connectivity index (χ3v) is 9.03. The largest absolute Gasteiger partial charge is 0.381 e. The SMILES string of the molecule is O=C(N[C@@H](CCc1ccccc1)C(=O)c1nccs1)[C@H](CS(=O)(=O)CC1CC1)NC1CCOCC1. The van der Waals surface area contributed by atoms with Crippen molar-refractivity contribution in [3.05, 3.63) is 52.5 Å². The molecule has 1 aromatic carbocycles. The van der Waals surface area contributed by atoms with Gasteiger partial charge >= 0.3 is 0 Å². The molecule has 2 heterocycles. The number of nitrogens with one attached hydrogen (secondary N) is 2. The van der Waals surface area contributed by atoms with Gasteiger partial charge in [0.2, 0.25) is 11.7 Å². The number of thiazole rings is 1. The summed E-state index contributed by atoms with van der Waals surface area (Å²) in [7, 11) is -3.42. The van der Waals surface area contributed by atoms with Crippen LogP contribution in [-0.4, -0.2) is 67.9 Å². The van der Waals surface area contributed by atoms with E-state index < -0.39 is 27.8 Å². The van der Waals surface area contributed by atoms with Gasteiger partial charge in [-0.3, -0.25) is 9.59 Å². The maximum atomic E-state index is 13.5. The Labute approximate surface area is 210 Å². The lowest BCUT2D eigenvalue weighted by atomic mass is 10.0. The molecule has 190 valence electrons. The molecule has 2 atom stereocenters. The smallest absolute Gasteiger partial charge is 0.238 e. The van der Waals surface area contributed by atoms with Gasteiger partial charge in [0.25, 0.3) is 0 Å². The molecule has 1 aliphatic carbocycles. The molecule has 8 nitrogen and oxygen atoms in total. The number of carbonyl (C=O) groups is 2. The number of ketones is 1. The van der Waals surface area contributed by atoms with Crippen LogP contribution in [0.25, 0.3) is 0 Å². The molecule has 0 bridgehead atoms. The van der Waals surface area contributed by atoms with Crippen LogP contribution < -0.4 is 10.6 Å². The third-order valence-electron chi connectivity index (χ3n) is 6.42.